The first kappa shape index (κ1) is 14.4. The van der Waals surface area contributed by atoms with Crippen molar-refractivity contribution in [2.75, 3.05) is 5.01 Å². The highest BCUT2D eigenvalue weighted by molar-refractivity contribution is 9.10. The second-order valence-corrected chi connectivity index (χ2v) is 5.53. The van der Waals surface area contributed by atoms with Gasteiger partial charge in [0, 0.05) is 16.9 Å². The van der Waals surface area contributed by atoms with Gasteiger partial charge in [0.25, 0.3) is 11.8 Å². The number of aromatic nitrogens is 1. The van der Waals surface area contributed by atoms with Crippen LogP contribution in [0.1, 0.15) is 16.8 Å². The molecule has 2 amide bonds. The standard InChI is InChI=1S/C15H11BrN4O2/c16-11-6-10(8-17-9-11)15(22)18-13-7-14(21)20(19-13)12-4-2-1-3-5-12/h1-6,8-9H,7H2,(H,18,19,22). The Bertz CT molecular complexity index is 761. The maximum absolute atomic E-state index is 12.1. The summed E-state index contributed by atoms with van der Waals surface area (Å²) < 4.78 is 0.704. The van der Waals surface area contributed by atoms with Crippen molar-refractivity contribution < 1.29 is 9.59 Å². The van der Waals surface area contributed by atoms with Crippen LogP contribution in [0.4, 0.5) is 5.69 Å². The first-order valence-corrected chi connectivity index (χ1v) is 7.30. The molecule has 0 saturated carbocycles. The molecule has 1 aromatic carbocycles. The fourth-order valence-electron chi connectivity index (χ4n) is 2.01. The Morgan fingerprint density at radius 1 is 1.23 bits per heavy atom. The fraction of sp³-hybridized carbons (Fsp3) is 0.0667. The average Bonchev–Trinajstić information content (AvgIpc) is 2.88. The number of nitrogens with zero attached hydrogens (tertiary/aromatic N) is 3. The molecule has 110 valence electrons. The lowest BCUT2D eigenvalue weighted by Crippen LogP contribution is -2.29. The molecular formula is C15H11BrN4O2. The molecule has 0 spiro atoms. The molecule has 2 aromatic rings. The number of carbonyl (C=O) groups is 2. The van der Waals surface area contributed by atoms with E-state index in [1.165, 1.54) is 11.2 Å². The van der Waals surface area contributed by atoms with Crippen LogP contribution in [-0.2, 0) is 4.79 Å². The van der Waals surface area contributed by atoms with Crippen molar-refractivity contribution in [2.24, 2.45) is 5.10 Å². The topological polar surface area (TPSA) is 74.7 Å². The molecule has 0 aliphatic carbocycles. The molecule has 0 unspecified atom stereocenters. The number of anilines is 1. The van der Waals surface area contributed by atoms with Gasteiger partial charge in [-0.2, -0.15) is 10.1 Å². The van der Waals surface area contributed by atoms with Crippen LogP contribution in [0.15, 0.2) is 58.4 Å². The van der Waals surface area contributed by atoms with Gasteiger partial charge in [-0.25, -0.2) is 0 Å². The summed E-state index contributed by atoms with van der Waals surface area (Å²) in [5, 5.41) is 8.09. The quantitative estimate of drug-likeness (QED) is 0.894. The Balaban J connectivity index is 1.76. The van der Waals surface area contributed by atoms with E-state index in [-0.39, 0.29) is 18.2 Å². The van der Waals surface area contributed by atoms with Crippen LogP contribution in [0.3, 0.4) is 0 Å². The predicted molar refractivity (Wildman–Crippen MR) is 85.4 cm³/mol. The van der Waals surface area contributed by atoms with Gasteiger partial charge >= 0.3 is 0 Å². The van der Waals surface area contributed by atoms with Crippen LogP contribution < -0.4 is 10.3 Å². The van der Waals surface area contributed by atoms with Gasteiger partial charge in [0.05, 0.1) is 17.7 Å². The van der Waals surface area contributed by atoms with Gasteiger partial charge in [-0.3, -0.25) is 14.6 Å². The number of rotatable bonds is 2. The summed E-state index contributed by atoms with van der Waals surface area (Å²) in [7, 11) is 0. The summed E-state index contributed by atoms with van der Waals surface area (Å²) in [5.74, 6) is -0.219. The van der Waals surface area contributed by atoms with E-state index in [9.17, 15) is 9.59 Å². The van der Waals surface area contributed by atoms with Gasteiger partial charge in [0.2, 0.25) is 0 Å². The molecule has 0 atom stereocenters. The van der Waals surface area contributed by atoms with Gasteiger partial charge in [-0.15, -0.1) is 0 Å². The van der Waals surface area contributed by atoms with Gasteiger partial charge in [0.15, 0.2) is 0 Å². The number of benzene rings is 1. The Kier molecular flexibility index (Phi) is 3.97. The van der Waals surface area contributed by atoms with Crippen molar-refractivity contribution in [1.29, 1.82) is 0 Å². The van der Waals surface area contributed by atoms with Crippen molar-refractivity contribution in [2.45, 2.75) is 6.42 Å². The molecule has 2 heterocycles. The summed E-state index contributed by atoms with van der Waals surface area (Å²) in [6.45, 7) is 0. The molecule has 0 radical (unpaired) electrons. The molecule has 1 aliphatic heterocycles. The van der Waals surface area contributed by atoms with E-state index in [0.29, 0.717) is 21.6 Å². The average molecular weight is 359 g/mol. The Morgan fingerprint density at radius 3 is 2.73 bits per heavy atom. The van der Waals surface area contributed by atoms with E-state index in [1.807, 2.05) is 18.2 Å². The molecule has 0 saturated heterocycles. The molecule has 22 heavy (non-hydrogen) atoms. The first-order valence-electron chi connectivity index (χ1n) is 6.51. The number of nitrogens with one attached hydrogen (secondary N) is 1. The maximum Gasteiger partial charge on any atom is 0.258 e. The number of para-hydroxylation sites is 1. The Hall–Kier alpha value is -2.54. The number of pyridine rings is 1. The van der Waals surface area contributed by atoms with Crippen molar-refractivity contribution >= 4 is 39.3 Å². The van der Waals surface area contributed by atoms with E-state index < -0.39 is 0 Å². The molecule has 1 aromatic heterocycles. The number of hydrogen-bond acceptors (Lipinski definition) is 4. The van der Waals surface area contributed by atoms with Crippen LogP contribution in [0.2, 0.25) is 0 Å². The molecule has 0 fully saturated rings. The molecule has 1 aliphatic rings. The molecule has 3 rings (SSSR count). The highest BCUT2D eigenvalue weighted by Crippen LogP contribution is 2.19. The van der Waals surface area contributed by atoms with Crippen molar-refractivity contribution in [1.82, 2.24) is 10.3 Å². The zero-order valence-electron chi connectivity index (χ0n) is 11.4. The summed E-state index contributed by atoms with van der Waals surface area (Å²) in [5.41, 5.74) is 1.06. The van der Waals surface area contributed by atoms with E-state index in [1.54, 1.807) is 24.4 Å². The molecule has 7 heteroatoms. The van der Waals surface area contributed by atoms with E-state index in [0.717, 1.165) is 0 Å². The SMILES string of the molecule is O=C(NC1=NN(c2ccccc2)C(=O)C1)c1cncc(Br)c1. The molecule has 1 N–H and O–H groups in total. The Labute approximate surface area is 135 Å². The van der Waals surface area contributed by atoms with E-state index in [2.05, 4.69) is 31.3 Å². The highest BCUT2D eigenvalue weighted by Gasteiger charge is 2.26. The van der Waals surface area contributed by atoms with Crippen LogP contribution >= 0.6 is 15.9 Å². The lowest BCUT2D eigenvalue weighted by molar-refractivity contribution is -0.116. The molecular weight excluding hydrogens is 348 g/mol. The van der Waals surface area contributed by atoms with Crippen LogP contribution in [0, 0.1) is 0 Å². The lowest BCUT2D eigenvalue weighted by atomic mass is 10.2. The van der Waals surface area contributed by atoms with E-state index in [4.69, 9.17) is 0 Å². The van der Waals surface area contributed by atoms with Gasteiger partial charge in [-0.1, -0.05) is 18.2 Å². The minimum Gasteiger partial charge on any atom is -0.308 e. The largest absolute Gasteiger partial charge is 0.308 e. The molecule has 0 bridgehead atoms. The Morgan fingerprint density at radius 2 is 2.00 bits per heavy atom. The van der Waals surface area contributed by atoms with Crippen LogP contribution in [0.5, 0.6) is 0 Å². The number of hydrogen-bond donors (Lipinski definition) is 1. The van der Waals surface area contributed by atoms with Crippen molar-refractivity contribution in [3.63, 3.8) is 0 Å². The van der Waals surface area contributed by atoms with Crippen LogP contribution in [0.25, 0.3) is 0 Å². The summed E-state index contributed by atoms with van der Waals surface area (Å²) in [4.78, 5) is 28.0. The van der Waals surface area contributed by atoms with Crippen molar-refractivity contribution in [3.8, 4) is 0 Å². The maximum atomic E-state index is 12.1. The third kappa shape index (κ3) is 3.04. The minimum absolute atomic E-state index is 0.0576. The zero-order chi connectivity index (χ0) is 15.5. The van der Waals surface area contributed by atoms with Gasteiger partial charge < -0.3 is 5.32 Å². The lowest BCUT2D eigenvalue weighted by Gasteiger charge is -2.10. The van der Waals surface area contributed by atoms with Crippen LogP contribution in [-0.4, -0.2) is 22.6 Å². The highest BCUT2D eigenvalue weighted by atomic mass is 79.9. The smallest absolute Gasteiger partial charge is 0.258 e. The monoisotopic (exact) mass is 358 g/mol. The first-order chi connectivity index (χ1) is 10.6. The summed E-state index contributed by atoms with van der Waals surface area (Å²) in [6.07, 6.45) is 3.10. The third-order valence-corrected chi connectivity index (χ3v) is 3.43. The number of amidine groups is 1. The number of halogens is 1. The third-order valence-electron chi connectivity index (χ3n) is 3.00. The number of amides is 2. The molecule has 6 nitrogen and oxygen atoms in total. The van der Waals surface area contributed by atoms with Gasteiger partial charge in [0.1, 0.15) is 5.84 Å². The number of carbonyl (C=O) groups excluding carboxylic acids is 2. The second kappa shape index (κ2) is 6.07. The normalized spacial score (nSPS) is 14.0. The number of hydrazone groups is 1. The minimum atomic E-state index is -0.352. The second-order valence-electron chi connectivity index (χ2n) is 4.61. The summed E-state index contributed by atoms with van der Waals surface area (Å²) >= 11 is 3.26. The van der Waals surface area contributed by atoms with E-state index >= 15 is 0 Å². The predicted octanol–water partition coefficient (Wildman–Crippen LogP) is 2.32. The zero-order valence-corrected chi connectivity index (χ0v) is 12.9. The summed E-state index contributed by atoms with van der Waals surface area (Å²) in [6, 6.07) is 10.7. The fourth-order valence-corrected chi connectivity index (χ4v) is 2.37. The van der Waals surface area contributed by atoms with Gasteiger partial charge in [-0.05, 0) is 34.1 Å². The van der Waals surface area contributed by atoms with Crippen molar-refractivity contribution in [3.05, 3.63) is 58.8 Å².